The highest BCUT2D eigenvalue weighted by Crippen LogP contribution is 2.38. The molecule has 0 aromatic heterocycles. The van der Waals surface area contributed by atoms with Crippen LogP contribution in [-0.2, 0) is 47.7 Å². The molecule has 14 nitrogen and oxygen atoms in total. The molecule has 2 bridgehead atoms. The summed E-state index contributed by atoms with van der Waals surface area (Å²) in [5.74, 6) is -7.96. The topological polar surface area (TPSA) is 195 Å². The maximum absolute atomic E-state index is 14.4. The van der Waals surface area contributed by atoms with Crippen LogP contribution in [0.3, 0.4) is 0 Å². The van der Waals surface area contributed by atoms with Gasteiger partial charge in [-0.1, -0.05) is 71.1 Å². The molecule has 366 valence electrons. The third-order valence-electron chi connectivity index (χ3n) is 14.5. The van der Waals surface area contributed by atoms with Crippen molar-refractivity contribution in [3.05, 3.63) is 47.6 Å². The highest BCUT2D eigenvalue weighted by Gasteiger charge is 2.53. The van der Waals surface area contributed by atoms with Gasteiger partial charge in [-0.15, -0.1) is 0 Å². The summed E-state index contributed by atoms with van der Waals surface area (Å²) in [5, 5.41) is 33.8. The minimum absolute atomic E-state index is 0.0193. The van der Waals surface area contributed by atoms with Crippen molar-refractivity contribution in [3.63, 3.8) is 0 Å². The lowest BCUT2D eigenvalue weighted by Gasteiger charge is -2.42. The quantitative estimate of drug-likeness (QED) is 0.156. The number of piperidine rings is 1. The van der Waals surface area contributed by atoms with E-state index in [0.29, 0.717) is 63.4 Å². The lowest BCUT2D eigenvalue weighted by molar-refractivity contribution is -0.265. The summed E-state index contributed by atoms with van der Waals surface area (Å²) in [5.41, 5.74) is 1.27. The van der Waals surface area contributed by atoms with Gasteiger partial charge in [-0.3, -0.25) is 19.2 Å². The van der Waals surface area contributed by atoms with Gasteiger partial charge >= 0.3 is 5.97 Å². The van der Waals surface area contributed by atoms with Crippen molar-refractivity contribution in [1.29, 1.82) is 0 Å². The number of fused-ring (bicyclic) bond motifs is 3. The Hall–Kier alpha value is -3.37. The van der Waals surface area contributed by atoms with Gasteiger partial charge in [0.15, 0.2) is 5.78 Å². The number of amides is 1. The summed E-state index contributed by atoms with van der Waals surface area (Å²) >= 11 is 0. The fraction of sp³-hybridized carbons (Fsp3) is 0.745. The van der Waals surface area contributed by atoms with Crippen LogP contribution < -0.4 is 0 Å². The number of aliphatic hydroxyl groups excluding tert-OH is 2. The predicted octanol–water partition coefficient (Wildman–Crippen LogP) is 6.18. The lowest BCUT2D eigenvalue weighted by atomic mass is 9.78. The number of hydrogen-bond donors (Lipinski definition) is 3. The van der Waals surface area contributed by atoms with E-state index in [1.54, 1.807) is 41.1 Å². The minimum Gasteiger partial charge on any atom is -0.460 e. The fourth-order valence-electron chi connectivity index (χ4n) is 10.1. The first kappa shape index (κ1) is 54.2. The van der Waals surface area contributed by atoms with E-state index >= 15 is 0 Å². The highest BCUT2D eigenvalue weighted by molar-refractivity contribution is 6.39. The number of methoxy groups -OCH3 is 3. The molecule has 0 aromatic rings. The van der Waals surface area contributed by atoms with Crippen molar-refractivity contribution in [1.82, 2.24) is 4.90 Å². The number of Topliss-reactive ketones (excluding diaryl/α,β-unsaturated/α-hetero) is 3. The van der Waals surface area contributed by atoms with Crippen LogP contribution in [0.2, 0.25) is 0 Å². The van der Waals surface area contributed by atoms with Crippen molar-refractivity contribution in [2.75, 3.05) is 27.9 Å². The van der Waals surface area contributed by atoms with Crippen molar-refractivity contribution < 1.29 is 63.0 Å². The minimum atomic E-state index is -2.43. The van der Waals surface area contributed by atoms with Gasteiger partial charge in [-0.05, 0) is 107 Å². The van der Waals surface area contributed by atoms with Crippen molar-refractivity contribution in [3.8, 4) is 0 Å². The van der Waals surface area contributed by atoms with Crippen LogP contribution in [0.4, 0.5) is 0 Å². The Morgan fingerprint density at radius 2 is 1.57 bits per heavy atom. The van der Waals surface area contributed by atoms with Crippen LogP contribution in [-0.4, -0.2) is 132 Å². The molecule has 3 aliphatic heterocycles. The number of aliphatic hydroxyl groups is 3. The van der Waals surface area contributed by atoms with Gasteiger partial charge in [0.1, 0.15) is 30.1 Å². The Morgan fingerprint density at radius 1 is 0.846 bits per heavy atom. The van der Waals surface area contributed by atoms with Crippen molar-refractivity contribution in [2.45, 2.75) is 180 Å². The molecule has 1 amide bonds. The van der Waals surface area contributed by atoms with Gasteiger partial charge in [-0.2, -0.15) is 0 Å². The zero-order valence-electron chi connectivity index (χ0n) is 40.6. The molecule has 3 fully saturated rings. The molecule has 0 aromatic carbocycles. The number of allylic oxidation sites excluding steroid dienone is 6. The number of cyclic esters (lactones) is 1. The van der Waals surface area contributed by atoms with Crippen molar-refractivity contribution in [2.24, 2.45) is 35.5 Å². The van der Waals surface area contributed by atoms with E-state index in [2.05, 4.69) is 0 Å². The third kappa shape index (κ3) is 14.3. The number of rotatable bonds is 6. The van der Waals surface area contributed by atoms with Crippen LogP contribution in [0.25, 0.3) is 0 Å². The van der Waals surface area contributed by atoms with E-state index in [0.717, 1.165) is 12.0 Å². The van der Waals surface area contributed by atoms with E-state index in [-0.39, 0.29) is 54.8 Å². The molecule has 3 N–H and O–H groups in total. The normalized spacial score (nSPS) is 40.4. The summed E-state index contributed by atoms with van der Waals surface area (Å²) in [6.07, 6.45) is 11.2. The van der Waals surface area contributed by atoms with Crippen LogP contribution in [0, 0.1) is 35.5 Å². The molecular formula is C51H79NO13. The van der Waals surface area contributed by atoms with Crippen LogP contribution in [0.15, 0.2) is 47.6 Å². The standard InChI is InChI=1S/C51H79NO13/c1-30-16-12-11-13-17-31(2)42(61-8)28-38-21-19-36(7)51(60,65-38)48(57)49(58)52-23-15-14-18-39(52)50(59)64-43(33(4)26-37-20-22-40(53)44(27-37)62-9)29-41(54)32(3)25-35(6)46(56)47(63-10)45(55)34(5)24-30/h11-13,16-17,25,30,32-34,36-40,42-44,46-47,53,56,60H,14-15,18-24,26-29H2,1-10H3/b13-11-,16-12-,31-17-,35-25+. The molecule has 2 saturated heterocycles. The van der Waals surface area contributed by atoms with E-state index in [9.17, 15) is 39.3 Å². The molecule has 65 heavy (non-hydrogen) atoms. The lowest BCUT2D eigenvalue weighted by Crippen LogP contribution is -2.61. The first-order valence-corrected chi connectivity index (χ1v) is 23.9. The Balaban J connectivity index is 1.70. The molecule has 0 radical (unpaired) electrons. The second kappa shape index (κ2) is 25.1. The Morgan fingerprint density at radius 3 is 2.25 bits per heavy atom. The van der Waals surface area contributed by atoms with Gasteiger partial charge in [0.05, 0.1) is 24.4 Å². The number of carbonyl (C=O) groups is 5. The maximum atomic E-state index is 14.4. The maximum Gasteiger partial charge on any atom is 0.329 e. The molecule has 3 heterocycles. The second-order valence-electron chi connectivity index (χ2n) is 19.6. The molecule has 4 aliphatic rings. The molecule has 14 heteroatoms. The average Bonchev–Trinajstić information content (AvgIpc) is 3.28. The first-order valence-electron chi connectivity index (χ1n) is 23.9. The molecule has 0 spiro atoms. The van der Waals surface area contributed by atoms with Gasteiger partial charge in [-0.25, -0.2) is 4.79 Å². The summed E-state index contributed by atoms with van der Waals surface area (Å²) in [6.45, 7) is 12.7. The number of carbonyl (C=O) groups excluding carboxylic acids is 5. The predicted molar refractivity (Wildman–Crippen MR) is 245 cm³/mol. The fourth-order valence-corrected chi connectivity index (χ4v) is 10.1. The Labute approximate surface area is 387 Å². The van der Waals surface area contributed by atoms with Gasteiger partial charge in [0.2, 0.25) is 5.79 Å². The summed E-state index contributed by atoms with van der Waals surface area (Å²) in [6, 6.07) is -1.14. The van der Waals surface area contributed by atoms with Crippen LogP contribution in [0.5, 0.6) is 0 Å². The summed E-state index contributed by atoms with van der Waals surface area (Å²) in [7, 11) is 4.52. The molecule has 15 unspecified atom stereocenters. The molecule has 4 rings (SSSR count). The van der Waals surface area contributed by atoms with E-state index < -0.39 is 83.9 Å². The monoisotopic (exact) mass is 914 g/mol. The first-order chi connectivity index (χ1) is 30.7. The van der Waals surface area contributed by atoms with Crippen molar-refractivity contribution >= 4 is 29.2 Å². The Bertz CT molecular complexity index is 1760. The van der Waals surface area contributed by atoms with Gasteiger partial charge in [0, 0.05) is 58.5 Å². The summed E-state index contributed by atoms with van der Waals surface area (Å²) < 4.78 is 29.4. The number of ketones is 3. The SMILES string of the molecule is COC1CC2CCC(C)C(O)(O2)C(=O)C(=O)N2CCCCC2C(=O)OC(C(C)CC2CCC(O)C(OC)C2)CC(=O)C(C)/C=C(\C)C(O)C(OC)C(=O)C(C)CC(C)\C=C/C=C\C=C/1C. The number of esters is 1. The van der Waals surface area contributed by atoms with Gasteiger partial charge in [0.25, 0.3) is 11.7 Å². The zero-order chi connectivity index (χ0) is 48.2. The highest BCUT2D eigenvalue weighted by atomic mass is 16.6. The van der Waals surface area contributed by atoms with Gasteiger partial charge < -0.3 is 43.9 Å². The number of ether oxygens (including phenoxy) is 5. The second-order valence-corrected chi connectivity index (χ2v) is 19.6. The Kier molecular flexibility index (Phi) is 21.0. The third-order valence-corrected chi connectivity index (χ3v) is 14.5. The smallest absolute Gasteiger partial charge is 0.329 e. The average molecular weight is 914 g/mol. The number of nitrogens with zero attached hydrogens (tertiary/aromatic N) is 1. The van der Waals surface area contributed by atoms with E-state index in [1.807, 2.05) is 58.1 Å². The largest absolute Gasteiger partial charge is 0.460 e. The van der Waals surface area contributed by atoms with Crippen LogP contribution in [0.1, 0.15) is 126 Å². The molecule has 1 saturated carbocycles. The number of hydrogen-bond acceptors (Lipinski definition) is 13. The molecule has 15 atom stereocenters. The van der Waals surface area contributed by atoms with E-state index in [1.165, 1.54) is 12.0 Å². The zero-order valence-corrected chi connectivity index (χ0v) is 40.6. The molecular weight excluding hydrogens is 835 g/mol. The van der Waals surface area contributed by atoms with Crippen LogP contribution >= 0.6 is 0 Å². The van der Waals surface area contributed by atoms with E-state index in [4.69, 9.17) is 23.7 Å². The summed E-state index contributed by atoms with van der Waals surface area (Å²) in [4.78, 5) is 71.8. The molecule has 1 aliphatic carbocycles.